The van der Waals surface area contributed by atoms with Crippen molar-refractivity contribution in [1.82, 2.24) is 4.90 Å². The number of rotatable bonds is 1. The van der Waals surface area contributed by atoms with E-state index in [-0.39, 0.29) is 5.91 Å². The van der Waals surface area contributed by atoms with Crippen LogP contribution in [0.25, 0.3) is 0 Å². The molecule has 1 aliphatic rings. The van der Waals surface area contributed by atoms with Crippen molar-refractivity contribution in [3.63, 3.8) is 0 Å². The maximum Gasteiger partial charge on any atom is 0.254 e. The number of amides is 1. The van der Waals surface area contributed by atoms with Crippen LogP contribution in [0.15, 0.2) is 53.0 Å². The molecule has 0 aliphatic carbocycles. The fourth-order valence-corrected chi connectivity index (χ4v) is 3.22. The first kappa shape index (κ1) is 13.4. The molecule has 102 valence electrons. The lowest BCUT2D eigenvalue weighted by Gasteiger charge is -2.33. The van der Waals surface area contributed by atoms with Crippen LogP contribution in [0.2, 0.25) is 0 Å². The minimum Gasteiger partial charge on any atom is -0.334 e. The van der Waals surface area contributed by atoms with Gasteiger partial charge in [0.1, 0.15) is 0 Å². The Kier molecular flexibility index (Phi) is 3.62. The topological polar surface area (TPSA) is 20.3 Å². The first-order valence-corrected chi connectivity index (χ1v) is 7.57. The van der Waals surface area contributed by atoms with Crippen molar-refractivity contribution in [1.29, 1.82) is 0 Å². The summed E-state index contributed by atoms with van der Waals surface area (Å²) in [4.78, 5) is 14.5. The van der Waals surface area contributed by atoms with Crippen molar-refractivity contribution in [2.75, 3.05) is 6.54 Å². The first-order chi connectivity index (χ1) is 9.65. The number of benzene rings is 2. The van der Waals surface area contributed by atoms with Crippen LogP contribution < -0.4 is 0 Å². The number of carbonyl (C=O) groups is 1. The molecule has 1 aliphatic heterocycles. The zero-order chi connectivity index (χ0) is 14.1. The Balaban J connectivity index is 1.89. The van der Waals surface area contributed by atoms with Gasteiger partial charge >= 0.3 is 0 Å². The van der Waals surface area contributed by atoms with Crippen LogP contribution in [-0.4, -0.2) is 17.4 Å². The number of hydrogen-bond acceptors (Lipinski definition) is 1. The van der Waals surface area contributed by atoms with Crippen molar-refractivity contribution in [2.45, 2.75) is 19.4 Å². The molecule has 20 heavy (non-hydrogen) atoms. The molecule has 0 fully saturated rings. The van der Waals surface area contributed by atoms with E-state index in [0.717, 1.165) is 16.6 Å². The van der Waals surface area contributed by atoms with Gasteiger partial charge in [0.15, 0.2) is 0 Å². The SMILES string of the molecule is CC1CN(C(=O)c2ccccc2)Cc2cc(Br)ccc21. The van der Waals surface area contributed by atoms with Gasteiger partial charge in [-0.3, -0.25) is 4.79 Å². The quantitative estimate of drug-likeness (QED) is 0.767. The number of halogens is 1. The van der Waals surface area contributed by atoms with Gasteiger partial charge in [0.2, 0.25) is 0 Å². The Bertz CT molecular complexity index is 639. The molecule has 2 aromatic rings. The Hall–Kier alpha value is -1.61. The Morgan fingerprint density at radius 1 is 1.20 bits per heavy atom. The summed E-state index contributed by atoms with van der Waals surface area (Å²) in [6.07, 6.45) is 0. The maximum absolute atomic E-state index is 12.6. The highest BCUT2D eigenvalue weighted by Gasteiger charge is 2.26. The molecule has 0 spiro atoms. The Morgan fingerprint density at radius 3 is 2.70 bits per heavy atom. The summed E-state index contributed by atoms with van der Waals surface area (Å²) < 4.78 is 1.07. The predicted molar refractivity (Wildman–Crippen MR) is 83.7 cm³/mol. The van der Waals surface area contributed by atoms with Crippen LogP contribution in [0, 0.1) is 0 Å². The largest absolute Gasteiger partial charge is 0.334 e. The van der Waals surface area contributed by atoms with E-state index < -0.39 is 0 Å². The monoisotopic (exact) mass is 329 g/mol. The molecular weight excluding hydrogens is 314 g/mol. The summed E-state index contributed by atoms with van der Waals surface area (Å²) in [6, 6.07) is 15.9. The molecule has 3 rings (SSSR count). The van der Waals surface area contributed by atoms with Crippen molar-refractivity contribution < 1.29 is 4.79 Å². The van der Waals surface area contributed by atoms with E-state index in [9.17, 15) is 4.79 Å². The smallest absolute Gasteiger partial charge is 0.254 e. The van der Waals surface area contributed by atoms with Crippen LogP contribution in [0.3, 0.4) is 0 Å². The Morgan fingerprint density at radius 2 is 1.95 bits per heavy atom. The van der Waals surface area contributed by atoms with Gasteiger partial charge in [-0.1, -0.05) is 47.1 Å². The van der Waals surface area contributed by atoms with Crippen LogP contribution in [0.4, 0.5) is 0 Å². The maximum atomic E-state index is 12.6. The number of nitrogens with zero attached hydrogens (tertiary/aromatic N) is 1. The highest BCUT2D eigenvalue weighted by molar-refractivity contribution is 9.10. The predicted octanol–water partition coefficient (Wildman–Crippen LogP) is 4.21. The van der Waals surface area contributed by atoms with E-state index in [1.54, 1.807) is 0 Å². The lowest BCUT2D eigenvalue weighted by molar-refractivity contribution is 0.0721. The molecule has 1 heterocycles. The Labute approximate surface area is 127 Å². The van der Waals surface area contributed by atoms with Gasteiger partial charge in [-0.2, -0.15) is 0 Å². The second kappa shape index (κ2) is 5.41. The average molecular weight is 330 g/mol. The van der Waals surface area contributed by atoms with E-state index in [4.69, 9.17) is 0 Å². The highest BCUT2D eigenvalue weighted by Crippen LogP contribution is 2.30. The molecule has 1 atom stereocenters. The van der Waals surface area contributed by atoms with Gasteiger partial charge in [-0.25, -0.2) is 0 Å². The lowest BCUT2D eigenvalue weighted by Crippen LogP contribution is -2.37. The van der Waals surface area contributed by atoms with Gasteiger partial charge in [0.05, 0.1) is 0 Å². The van der Waals surface area contributed by atoms with E-state index >= 15 is 0 Å². The van der Waals surface area contributed by atoms with Gasteiger partial charge in [-0.15, -0.1) is 0 Å². The summed E-state index contributed by atoms with van der Waals surface area (Å²) in [7, 11) is 0. The summed E-state index contributed by atoms with van der Waals surface area (Å²) >= 11 is 3.51. The summed E-state index contributed by atoms with van der Waals surface area (Å²) in [5.41, 5.74) is 3.35. The molecule has 0 radical (unpaired) electrons. The average Bonchev–Trinajstić information content (AvgIpc) is 2.46. The molecule has 1 amide bonds. The van der Waals surface area contributed by atoms with Gasteiger partial charge in [0.25, 0.3) is 5.91 Å². The van der Waals surface area contributed by atoms with Gasteiger partial charge in [0, 0.05) is 23.1 Å². The number of carbonyl (C=O) groups excluding carboxylic acids is 1. The minimum atomic E-state index is 0.114. The third-order valence-corrected chi connectivity index (χ3v) is 4.29. The minimum absolute atomic E-state index is 0.114. The van der Waals surface area contributed by atoms with E-state index in [1.165, 1.54) is 11.1 Å². The summed E-state index contributed by atoms with van der Waals surface area (Å²) in [5.74, 6) is 0.489. The molecule has 1 unspecified atom stereocenters. The van der Waals surface area contributed by atoms with Crippen LogP contribution in [-0.2, 0) is 6.54 Å². The third kappa shape index (κ3) is 2.50. The van der Waals surface area contributed by atoms with Crippen molar-refractivity contribution >= 4 is 21.8 Å². The molecule has 0 bridgehead atoms. The molecule has 0 saturated heterocycles. The molecule has 3 heteroatoms. The van der Waals surface area contributed by atoms with Crippen LogP contribution in [0.5, 0.6) is 0 Å². The third-order valence-electron chi connectivity index (χ3n) is 3.80. The standard InChI is InChI=1S/C17H16BrNO/c1-12-10-19(17(20)13-5-3-2-4-6-13)11-14-9-15(18)7-8-16(12)14/h2-9,12H,10-11H2,1H3. The van der Waals surface area contributed by atoms with Crippen molar-refractivity contribution in [2.24, 2.45) is 0 Å². The second-order valence-corrected chi connectivity index (χ2v) is 6.21. The molecule has 0 saturated carbocycles. The van der Waals surface area contributed by atoms with Crippen molar-refractivity contribution in [3.05, 3.63) is 69.7 Å². The normalized spacial score (nSPS) is 17.7. The van der Waals surface area contributed by atoms with Crippen LogP contribution in [0.1, 0.15) is 34.3 Å². The van der Waals surface area contributed by atoms with E-state index in [2.05, 4.69) is 41.1 Å². The van der Waals surface area contributed by atoms with Crippen molar-refractivity contribution in [3.8, 4) is 0 Å². The summed E-state index contributed by atoms with van der Waals surface area (Å²) in [5, 5.41) is 0. The number of fused-ring (bicyclic) bond motifs is 1. The fourth-order valence-electron chi connectivity index (χ4n) is 2.81. The molecular formula is C17H16BrNO. The molecule has 2 aromatic carbocycles. The fraction of sp³-hybridized carbons (Fsp3) is 0.235. The van der Waals surface area contributed by atoms with E-state index in [1.807, 2.05) is 35.2 Å². The lowest BCUT2D eigenvalue weighted by atomic mass is 9.91. The van der Waals surface area contributed by atoms with Gasteiger partial charge < -0.3 is 4.90 Å². The molecule has 0 N–H and O–H groups in total. The highest BCUT2D eigenvalue weighted by atomic mass is 79.9. The van der Waals surface area contributed by atoms with Crippen LogP contribution >= 0.6 is 15.9 Å². The molecule has 0 aromatic heterocycles. The molecule has 2 nitrogen and oxygen atoms in total. The van der Waals surface area contributed by atoms with Gasteiger partial charge in [-0.05, 0) is 41.3 Å². The zero-order valence-electron chi connectivity index (χ0n) is 11.3. The first-order valence-electron chi connectivity index (χ1n) is 6.78. The zero-order valence-corrected chi connectivity index (χ0v) is 12.9. The van der Waals surface area contributed by atoms with E-state index in [0.29, 0.717) is 12.5 Å². The second-order valence-electron chi connectivity index (χ2n) is 5.30. The summed E-state index contributed by atoms with van der Waals surface area (Å²) in [6.45, 7) is 3.65. The number of hydrogen-bond donors (Lipinski definition) is 0.